The summed E-state index contributed by atoms with van der Waals surface area (Å²) in [6.45, 7) is -0.218. The summed E-state index contributed by atoms with van der Waals surface area (Å²) >= 11 is 0. The minimum Gasteiger partial charge on any atom is -0.271 e. The van der Waals surface area contributed by atoms with Gasteiger partial charge in [0.15, 0.2) is 0 Å². The maximum atomic E-state index is 12.5. The van der Waals surface area contributed by atoms with Gasteiger partial charge in [0.2, 0.25) is 0 Å². The fourth-order valence-corrected chi connectivity index (χ4v) is 3.02. The second-order valence-electron chi connectivity index (χ2n) is 6.42. The molecule has 0 unspecified atom stereocenters. The van der Waals surface area contributed by atoms with E-state index < -0.39 is 5.91 Å². The Bertz CT molecular complexity index is 1190. The molecule has 6 heteroatoms. The molecular formula is C23H18N4O2. The van der Waals surface area contributed by atoms with Gasteiger partial charge in [-0.05, 0) is 6.07 Å². The molecule has 0 saturated carbocycles. The minimum absolute atomic E-state index is 0.218. The molecule has 4 rings (SSSR count). The van der Waals surface area contributed by atoms with Gasteiger partial charge in [0.05, 0.1) is 17.3 Å². The van der Waals surface area contributed by atoms with Crippen LogP contribution in [0, 0.1) is 0 Å². The summed E-state index contributed by atoms with van der Waals surface area (Å²) in [5.74, 6) is -0.431. The fraction of sp³-hybridized carbons (Fsp3) is 0.0435. The number of hydrogen-bond donors (Lipinski definition) is 1. The largest absolute Gasteiger partial charge is 0.275 e. The van der Waals surface area contributed by atoms with Gasteiger partial charge in [-0.25, -0.2) is 10.1 Å². The molecule has 0 spiro atoms. The molecule has 0 saturated heterocycles. The van der Waals surface area contributed by atoms with Crippen LogP contribution in [0.3, 0.4) is 0 Å². The normalized spacial score (nSPS) is 10.5. The maximum Gasteiger partial charge on any atom is 0.275 e. The molecule has 142 valence electrons. The second-order valence-corrected chi connectivity index (χ2v) is 6.42. The highest BCUT2D eigenvalue weighted by Gasteiger charge is 2.10. The molecule has 1 aromatic heterocycles. The summed E-state index contributed by atoms with van der Waals surface area (Å²) in [7, 11) is 0. The predicted octanol–water partition coefficient (Wildman–Crippen LogP) is 2.97. The van der Waals surface area contributed by atoms with Gasteiger partial charge in [-0.1, -0.05) is 78.9 Å². The number of carbonyl (C=O) groups is 1. The quantitative estimate of drug-likeness (QED) is 0.426. The van der Waals surface area contributed by atoms with Crippen LogP contribution in [-0.4, -0.2) is 21.4 Å². The minimum atomic E-state index is -0.431. The lowest BCUT2D eigenvalue weighted by Gasteiger charge is -2.09. The molecular weight excluding hydrogens is 364 g/mol. The first kappa shape index (κ1) is 18.3. The van der Waals surface area contributed by atoms with Crippen LogP contribution in [0.5, 0.6) is 0 Å². The lowest BCUT2D eigenvalue weighted by Crippen LogP contribution is -2.32. The SMILES string of the molecule is O=C(Cn1ncc2ccccc2c1=O)NN=C(c1ccccc1)c1ccccc1. The maximum absolute atomic E-state index is 12.5. The summed E-state index contributed by atoms with van der Waals surface area (Å²) in [5.41, 5.74) is 4.63. The van der Waals surface area contributed by atoms with Gasteiger partial charge >= 0.3 is 0 Å². The Morgan fingerprint density at radius 3 is 2.10 bits per heavy atom. The number of hydrazone groups is 1. The summed E-state index contributed by atoms with van der Waals surface area (Å²) in [6, 6.07) is 26.3. The van der Waals surface area contributed by atoms with E-state index in [9.17, 15) is 9.59 Å². The van der Waals surface area contributed by atoms with Crippen molar-refractivity contribution in [2.75, 3.05) is 0 Å². The van der Waals surface area contributed by atoms with Crippen molar-refractivity contribution in [2.45, 2.75) is 6.54 Å². The Hall–Kier alpha value is -4.06. The molecule has 0 aliphatic heterocycles. The first-order chi connectivity index (χ1) is 14.2. The zero-order valence-electron chi connectivity index (χ0n) is 15.5. The van der Waals surface area contributed by atoms with Crippen LogP contribution in [0.15, 0.2) is 101 Å². The number of aromatic nitrogens is 2. The summed E-state index contributed by atoms with van der Waals surface area (Å²) < 4.78 is 1.14. The molecule has 1 amide bonds. The Balaban J connectivity index is 1.59. The second kappa shape index (κ2) is 8.31. The van der Waals surface area contributed by atoms with E-state index in [1.165, 1.54) is 0 Å². The predicted molar refractivity (Wildman–Crippen MR) is 113 cm³/mol. The van der Waals surface area contributed by atoms with Gasteiger partial charge in [0.1, 0.15) is 6.54 Å². The van der Waals surface area contributed by atoms with Gasteiger partial charge in [-0.15, -0.1) is 0 Å². The molecule has 3 aromatic carbocycles. The van der Waals surface area contributed by atoms with Gasteiger partial charge in [-0.3, -0.25) is 9.59 Å². The van der Waals surface area contributed by atoms with Crippen LogP contribution in [0.1, 0.15) is 11.1 Å². The zero-order chi connectivity index (χ0) is 20.1. The monoisotopic (exact) mass is 382 g/mol. The number of rotatable bonds is 5. The van der Waals surface area contributed by atoms with E-state index in [2.05, 4.69) is 15.6 Å². The van der Waals surface area contributed by atoms with Gasteiger partial charge in [-0.2, -0.15) is 10.2 Å². The highest BCUT2D eigenvalue weighted by Crippen LogP contribution is 2.10. The molecule has 0 bridgehead atoms. The molecule has 1 N–H and O–H groups in total. The standard InChI is InChI=1S/C23H18N4O2/c28-21(16-27-23(29)20-14-8-7-13-19(20)15-24-27)25-26-22(17-9-3-1-4-10-17)18-11-5-2-6-12-18/h1-15H,16H2,(H,25,28). The summed E-state index contributed by atoms with van der Waals surface area (Å²) in [6.07, 6.45) is 1.58. The van der Waals surface area contributed by atoms with Crippen molar-refractivity contribution < 1.29 is 4.79 Å². The molecule has 0 aliphatic rings. The van der Waals surface area contributed by atoms with Crippen molar-refractivity contribution >= 4 is 22.4 Å². The molecule has 0 fully saturated rings. The smallest absolute Gasteiger partial charge is 0.271 e. The van der Waals surface area contributed by atoms with E-state index in [-0.39, 0.29) is 12.1 Å². The highest BCUT2D eigenvalue weighted by molar-refractivity contribution is 6.13. The van der Waals surface area contributed by atoms with Crippen molar-refractivity contribution in [1.29, 1.82) is 0 Å². The Morgan fingerprint density at radius 2 is 1.45 bits per heavy atom. The van der Waals surface area contributed by atoms with Crippen molar-refractivity contribution in [3.63, 3.8) is 0 Å². The van der Waals surface area contributed by atoms with Crippen molar-refractivity contribution in [3.8, 4) is 0 Å². The number of nitrogens with zero attached hydrogens (tertiary/aromatic N) is 3. The number of carbonyl (C=O) groups excluding carboxylic acids is 1. The molecule has 4 aromatic rings. The van der Waals surface area contributed by atoms with Crippen molar-refractivity contribution in [1.82, 2.24) is 15.2 Å². The zero-order valence-corrected chi connectivity index (χ0v) is 15.5. The van der Waals surface area contributed by atoms with E-state index in [1.807, 2.05) is 72.8 Å². The molecule has 0 radical (unpaired) electrons. The topological polar surface area (TPSA) is 76.3 Å². The first-order valence-electron chi connectivity index (χ1n) is 9.14. The van der Waals surface area contributed by atoms with E-state index in [0.717, 1.165) is 21.2 Å². The van der Waals surface area contributed by atoms with E-state index in [0.29, 0.717) is 11.1 Å². The van der Waals surface area contributed by atoms with Crippen LogP contribution in [0.4, 0.5) is 0 Å². The molecule has 1 heterocycles. The number of amides is 1. The highest BCUT2D eigenvalue weighted by atomic mass is 16.2. The Labute approximate surface area is 167 Å². The van der Waals surface area contributed by atoms with Crippen LogP contribution in [-0.2, 0) is 11.3 Å². The third-order valence-corrected chi connectivity index (χ3v) is 4.44. The van der Waals surface area contributed by atoms with Crippen LogP contribution >= 0.6 is 0 Å². The average molecular weight is 382 g/mol. The third-order valence-electron chi connectivity index (χ3n) is 4.44. The van der Waals surface area contributed by atoms with Crippen LogP contribution < -0.4 is 11.0 Å². The Kier molecular flexibility index (Phi) is 5.25. The van der Waals surface area contributed by atoms with Crippen molar-refractivity contribution in [3.05, 3.63) is 113 Å². The first-order valence-corrected chi connectivity index (χ1v) is 9.14. The molecule has 0 aliphatic carbocycles. The number of fused-ring (bicyclic) bond motifs is 1. The van der Waals surface area contributed by atoms with Gasteiger partial charge in [0, 0.05) is 16.5 Å². The van der Waals surface area contributed by atoms with Crippen molar-refractivity contribution in [2.24, 2.45) is 5.10 Å². The van der Waals surface area contributed by atoms with Gasteiger partial charge in [0.25, 0.3) is 11.5 Å². The molecule has 6 nitrogen and oxygen atoms in total. The number of benzene rings is 3. The average Bonchev–Trinajstić information content (AvgIpc) is 2.77. The molecule has 29 heavy (non-hydrogen) atoms. The van der Waals surface area contributed by atoms with Crippen LogP contribution in [0.2, 0.25) is 0 Å². The van der Waals surface area contributed by atoms with E-state index in [4.69, 9.17) is 0 Å². The lowest BCUT2D eigenvalue weighted by molar-refractivity contribution is -0.121. The fourth-order valence-electron chi connectivity index (χ4n) is 3.02. The number of hydrogen-bond acceptors (Lipinski definition) is 4. The number of nitrogens with one attached hydrogen (secondary N) is 1. The van der Waals surface area contributed by atoms with Crippen LogP contribution in [0.25, 0.3) is 10.8 Å². The van der Waals surface area contributed by atoms with E-state index >= 15 is 0 Å². The van der Waals surface area contributed by atoms with E-state index in [1.54, 1.807) is 18.3 Å². The van der Waals surface area contributed by atoms with Gasteiger partial charge < -0.3 is 0 Å². The molecule has 0 atom stereocenters. The lowest BCUT2D eigenvalue weighted by atomic mass is 10.0. The Morgan fingerprint density at radius 1 is 0.862 bits per heavy atom. The third kappa shape index (κ3) is 4.11. The summed E-state index contributed by atoms with van der Waals surface area (Å²) in [4.78, 5) is 25.0. The summed E-state index contributed by atoms with van der Waals surface area (Å²) in [5, 5.41) is 9.67.